The normalized spacial score (nSPS) is 11.4. The van der Waals surface area contributed by atoms with Crippen LogP contribution in [0.3, 0.4) is 0 Å². The number of aromatic nitrogens is 3. The Hall–Kier alpha value is -3.20. The lowest BCUT2D eigenvalue weighted by atomic mass is 10.2. The molecule has 0 radical (unpaired) electrons. The predicted octanol–water partition coefficient (Wildman–Crippen LogP) is 5.21. The van der Waals surface area contributed by atoms with Crippen LogP contribution < -0.4 is 0 Å². The van der Waals surface area contributed by atoms with Crippen molar-refractivity contribution in [1.82, 2.24) is 14.5 Å². The number of aryl methyl sites for hydroxylation is 1. The van der Waals surface area contributed by atoms with E-state index in [0.29, 0.717) is 0 Å². The zero-order valence-corrected chi connectivity index (χ0v) is 14.3. The fourth-order valence-corrected chi connectivity index (χ4v) is 3.16. The van der Waals surface area contributed by atoms with Crippen LogP contribution in [0.4, 0.5) is 0 Å². The third kappa shape index (κ3) is 2.96. The Morgan fingerprint density at radius 3 is 2.36 bits per heavy atom. The fraction of sp³-hybridized carbons (Fsp3) is 0.0909. The molecule has 0 bridgehead atoms. The van der Waals surface area contributed by atoms with Crippen molar-refractivity contribution in [2.24, 2.45) is 0 Å². The molecule has 0 fully saturated rings. The summed E-state index contributed by atoms with van der Waals surface area (Å²) in [5.41, 5.74) is 7.50. The van der Waals surface area contributed by atoms with Gasteiger partial charge in [0.15, 0.2) is 0 Å². The summed E-state index contributed by atoms with van der Waals surface area (Å²) in [5, 5.41) is 0. The van der Waals surface area contributed by atoms with E-state index in [9.17, 15) is 0 Å². The van der Waals surface area contributed by atoms with E-state index in [1.165, 1.54) is 22.6 Å². The minimum Gasteiger partial charge on any atom is -0.318 e. The molecule has 0 saturated carbocycles. The van der Waals surface area contributed by atoms with E-state index in [1.807, 2.05) is 42.6 Å². The lowest BCUT2D eigenvalue weighted by Crippen LogP contribution is -1.98. The highest BCUT2D eigenvalue weighted by molar-refractivity contribution is 5.77. The first-order valence-corrected chi connectivity index (χ1v) is 8.36. The molecule has 0 unspecified atom stereocenters. The Labute approximate surface area is 147 Å². The summed E-state index contributed by atoms with van der Waals surface area (Å²) < 4.78 is 2.27. The van der Waals surface area contributed by atoms with Crippen LogP contribution in [0.15, 0.2) is 66.9 Å². The number of fused-ring (bicyclic) bond motifs is 1. The van der Waals surface area contributed by atoms with Crippen LogP contribution in [0, 0.1) is 13.8 Å². The molecule has 0 aliphatic rings. The number of benzene rings is 2. The molecule has 4 aromatic rings. The second-order valence-electron chi connectivity index (χ2n) is 6.11. The van der Waals surface area contributed by atoms with Gasteiger partial charge in [-0.05, 0) is 55.8 Å². The molecule has 0 N–H and O–H groups in total. The Morgan fingerprint density at radius 1 is 0.840 bits per heavy atom. The van der Waals surface area contributed by atoms with E-state index < -0.39 is 0 Å². The number of hydrogen-bond acceptors (Lipinski definition) is 2. The van der Waals surface area contributed by atoms with Crippen molar-refractivity contribution >= 4 is 23.2 Å². The van der Waals surface area contributed by atoms with Gasteiger partial charge in [-0.3, -0.25) is 4.98 Å². The van der Waals surface area contributed by atoms with Gasteiger partial charge in [0.25, 0.3) is 0 Å². The van der Waals surface area contributed by atoms with Gasteiger partial charge in [-0.25, -0.2) is 4.98 Å². The van der Waals surface area contributed by atoms with E-state index in [2.05, 4.69) is 64.8 Å². The summed E-state index contributed by atoms with van der Waals surface area (Å²) in [7, 11) is 0. The lowest BCUT2D eigenvalue weighted by molar-refractivity contribution is 0.965. The third-order valence-electron chi connectivity index (χ3n) is 4.39. The zero-order chi connectivity index (χ0) is 17.2. The van der Waals surface area contributed by atoms with Crippen LogP contribution in [0.5, 0.6) is 0 Å². The van der Waals surface area contributed by atoms with Crippen LogP contribution >= 0.6 is 0 Å². The van der Waals surface area contributed by atoms with Crippen molar-refractivity contribution in [2.75, 3.05) is 0 Å². The number of para-hydroxylation sites is 3. The van der Waals surface area contributed by atoms with Crippen LogP contribution in [-0.2, 0) is 0 Å². The molecule has 3 heteroatoms. The average molecular weight is 325 g/mol. The van der Waals surface area contributed by atoms with E-state index >= 15 is 0 Å². The van der Waals surface area contributed by atoms with Crippen LogP contribution in [0.25, 0.3) is 28.9 Å². The second-order valence-corrected chi connectivity index (χ2v) is 6.11. The number of hydrogen-bond donors (Lipinski definition) is 0. The van der Waals surface area contributed by atoms with E-state index in [-0.39, 0.29) is 0 Å². The fourth-order valence-electron chi connectivity index (χ4n) is 3.16. The van der Waals surface area contributed by atoms with Gasteiger partial charge < -0.3 is 4.57 Å². The van der Waals surface area contributed by atoms with Crippen LogP contribution in [-0.4, -0.2) is 14.5 Å². The molecule has 2 aromatic carbocycles. The van der Waals surface area contributed by atoms with Crippen LogP contribution in [0.2, 0.25) is 0 Å². The Bertz CT molecular complexity index is 1060. The SMILES string of the molecule is Cc1cc(C=Cc2cnc3ccccc3n2)c(C)n1-c1ccccc1. The topological polar surface area (TPSA) is 30.7 Å². The van der Waals surface area contributed by atoms with Gasteiger partial charge >= 0.3 is 0 Å². The number of rotatable bonds is 3. The minimum atomic E-state index is 0.864. The van der Waals surface area contributed by atoms with Crippen molar-refractivity contribution < 1.29 is 0 Å². The van der Waals surface area contributed by atoms with Gasteiger partial charge in [-0.1, -0.05) is 36.4 Å². The summed E-state index contributed by atoms with van der Waals surface area (Å²) in [6.45, 7) is 4.28. The van der Waals surface area contributed by atoms with Gasteiger partial charge in [-0.15, -0.1) is 0 Å². The van der Waals surface area contributed by atoms with E-state index in [0.717, 1.165) is 16.7 Å². The molecule has 0 amide bonds. The summed E-state index contributed by atoms with van der Waals surface area (Å²) in [6, 6.07) is 20.5. The summed E-state index contributed by atoms with van der Waals surface area (Å²) >= 11 is 0. The predicted molar refractivity (Wildman–Crippen MR) is 104 cm³/mol. The van der Waals surface area contributed by atoms with Crippen molar-refractivity contribution in [3.63, 3.8) is 0 Å². The minimum absolute atomic E-state index is 0.864. The van der Waals surface area contributed by atoms with Gasteiger partial charge in [0.1, 0.15) is 0 Å². The first kappa shape index (κ1) is 15.3. The molecule has 0 spiro atoms. The molecule has 0 aliphatic heterocycles. The molecule has 2 aromatic heterocycles. The third-order valence-corrected chi connectivity index (χ3v) is 4.39. The highest BCUT2D eigenvalue weighted by Gasteiger charge is 2.08. The molecule has 4 rings (SSSR count). The molecule has 0 aliphatic carbocycles. The zero-order valence-electron chi connectivity index (χ0n) is 14.3. The van der Waals surface area contributed by atoms with E-state index in [1.54, 1.807) is 0 Å². The summed E-state index contributed by atoms with van der Waals surface area (Å²) in [4.78, 5) is 9.12. The first-order chi connectivity index (χ1) is 12.2. The molecule has 25 heavy (non-hydrogen) atoms. The smallest absolute Gasteiger partial charge is 0.0894 e. The Balaban J connectivity index is 1.69. The molecule has 122 valence electrons. The maximum atomic E-state index is 4.65. The van der Waals surface area contributed by atoms with Crippen molar-refractivity contribution in [1.29, 1.82) is 0 Å². The lowest BCUT2D eigenvalue weighted by Gasteiger charge is -2.09. The maximum Gasteiger partial charge on any atom is 0.0894 e. The molecule has 0 saturated heterocycles. The quantitative estimate of drug-likeness (QED) is 0.518. The summed E-state index contributed by atoms with van der Waals surface area (Å²) in [6.07, 6.45) is 5.95. The molecule has 2 heterocycles. The standard InChI is InChI=1S/C22H19N3/c1-16-14-18(17(2)25(16)20-8-4-3-5-9-20)12-13-19-15-23-21-10-6-7-11-22(21)24-19/h3-15H,1-2H3. The average Bonchev–Trinajstić information content (AvgIpc) is 2.94. The highest BCUT2D eigenvalue weighted by atomic mass is 15.0. The number of nitrogens with zero attached hydrogens (tertiary/aromatic N) is 3. The molecular weight excluding hydrogens is 306 g/mol. The van der Waals surface area contributed by atoms with Gasteiger partial charge in [0.05, 0.1) is 22.9 Å². The van der Waals surface area contributed by atoms with E-state index in [4.69, 9.17) is 0 Å². The van der Waals surface area contributed by atoms with Crippen LogP contribution in [0.1, 0.15) is 22.6 Å². The largest absolute Gasteiger partial charge is 0.318 e. The summed E-state index contributed by atoms with van der Waals surface area (Å²) in [5.74, 6) is 0. The van der Waals surface area contributed by atoms with Crippen molar-refractivity contribution in [2.45, 2.75) is 13.8 Å². The molecular formula is C22H19N3. The van der Waals surface area contributed by atoms with Gasteiger partial charge in [0.2, 0.25) is 0 Å². The van der Waals surface area contributed by atoms with Crippen molar-refractivity contribution in [3.05, 3.63) is 89.5 Å². The van der Waals surface area contributed by atoms with Gasteiger partial charge in [0, 0.05) is 17.1 Å². The van der Waals surface area contributed by atoms with Gasteiger partial charge in [-0.2, -0.15) is 0 Å². The first-order valence-electron chi connectivity index (χ1n) is 8.36. The second kappa shape index (κ2) is 6.36. The highest BCUT2D eigenvalue weighted by Crippen LogP contribution is 2.22. The monoisotopic (exact) mass is 325 g/mol. The maximum absolute atomic E-state index is 4.65. The van der Waals surface area contributed by atoms with Crippen molar-refractivity contribution in [3.8, 4) is 5.69 Å². The molecule has 0 atom stereocenters. The molecule has 3 nitrogen and oxygen atoms in total. The Morgan fingerprint density at radius 2 is 1.56 bits per heavy atom. The Kier molecular flexibility index (Phi) is 3.90.